The van der Waals surface area contributed by atoms with Crippen molar-refractivity contribution >= 4 is 0 Å². The van der Waals surface area contributed by atoms with E-state index in [1.807, 2.05) is 0 Å². The first kappa shape index (κ1) is 16.2. The Kier molecular flexibility index (Phi) is 5.17. The van der Waals surface area contributed by atoms with Crippen LogP contribution in [0.3, 0.4) is 0 Å². The zero-order valence-corrected chi connectivity index (χ0v) is 13.1. The summed E-state index contributed by atoms with van der Waals surface area (Å²) >= 11 is 0. The minimum absolute atomic E-state index is 0.128. The lowest BCUT2D eigenvalue weighted by molar-refractivity contribution is 0.0227. The molecular weight excluding hydrogens is 236 g/mol. The number of benzene rings is 1. The third kappa shape index (κ3) is 4.32. The van der Waals surface area contributed by atoms with E-state index in [1.165, 1.54) is 16.7 Å². The maximum atomic E-state index is 9.79. The van der Waals surface area contributed by atoms with E-state index in [0.29, 0.717) is 6.42 Å². The molecule has 0 bridgehead atoms. The number of aryl methyl sites for hydroxylation is 1. The summed E-state index contributed by atoms with van der Waals surface area (Å²) in [6.45, 7) is 12.5. The highest BCUT2D eigenvalue weighted by molar-refractivity contribution is 5.37. The van der Waals surface area contributed by atoms with Crippen molar-refractivity contribution in [2.24, 2.45) is 0 Å². The first-order valence-electron chi connectivity index (χ1n) is 7.10. The van der Waals surface area contributed by atoms with Gasteiger partial charge >= 0.3 is 0 Å². The Balaban J connectivity index is 2.96. The topological polar surface area (TPSA) is 40.5 Å². The molecule has 3 atom stereocenters. The van der Waals surface area contributed by atoms with Gasteiger partial charge in [0.05, 0.1) is 12.2 Å². The number of hydrogen-bond donors (Lipinski definition) is 2. The maximum absolute atomic E-state index is 9.79. The van der Waals surface area contributed by atoms with Crippen molar-refractivity contribution in [2.75, 3.05) is 0 Å². The highest BCUT2D eigenvalue weighted by atomic mass is 16.3. The largest absolute Gasteiger partial charge is 0.391 e. The van der Waals surface area contributed by atoms with Crippen LogP contribution in [0.5, 0.6) is 0 Å². The number of aliphatic hydroxyl groups excluding tert-OH is 2. The van der Waals surface area contributed by atoms with Crippen LogP contribution < -0.4 is 0 Å². The van der Waals surface area contributed by atoms with Crippen LogP contribution in [0.25, 0.3) is 0 Å². The van der Waals surface area contributed by atoms with Gasteiger partial charge in [-0.2, -0.15) is 0 Å². The Bertz CT molecular complexity index is 416. The van der Waals surface area contributed by atoms with E-state index in [1.54, 1.807) is 6.92 Å². The van der Waals surface area contributed by atoms with Crippen molar-refractivity contribution in [3.63, 3.8) is 0 Å². The predicted molar refractivity (Wildman–Crippen MR) is 80.6 cm³/mol. The second kappa shape index (κ2) is 6.06. The molecule has 0 aromatic heterocycles. The fourth-order valence-corrected chi connectivity index (χ4v) is 2.45. The van der Waals surface area contributed by atoms with Crippen molar-refractivity contribution in [2.45, 2.75) is 71.5 Å². The smallest absolute Gasteiger partial charge is 0.0802 e. The van der Waals surface area contributed by atoms with E-state index in [-0.39, 0.29) is 11.3 Å². The third-order valence-corrected chi connectivity index (χ3v) is 3.79. The third-order valence-electron chi connectivity index (χ3n) is 3.79. The van der Waals surface area contributed by atoms with E-state index in [9.17, 15) is 10.2 Å². The first-order valence-corrected chi connectivity index (χ1v) is 7.10. The summed E-state index contributed by atoms with van der Waals surface area (Å²) in [5, 5.41) is 19.2. The average molecular weight is 264 g/mol. The molecule has 0 fully saturated rings. The van der Waals surface area contributed by atoms with E-state index < -0.39 is 12.2 Å². The van der Waals surface area contributed by atoms with Crippen LogP contribution >= 0.6 is 0 Å². The van der Waals surface area contributed by atoms with Gasteiger partial charge in [-0.05, 0) is 48.3 Å². The minimum Gasteiger partial charge on any atom is -0.391 e. The molecule has 0 aliphatic heterocycles. The molecular formula is C17H28O2. The zero-order chi connectivity index (χ0) is 14.8. The second-order valence-electron chi connectivity index (χ2n) is 6.77. The maximum Gasteiger partial charge on any atom is 0.0802 e. The van der Waals surface area contributed by atoms with Crippen LogP contribution in [0.15, 0.2) is 18.2 Å². The molecule has 0 saturated carbocycles. The molecule has 108 valence electrons. The molecule has 19 heavy (non-hydrogen) atoms. The lowest BCUT2D eigenvalue weighted by Gasteiger charge is -2.25. The van der Waals surface area contributed by atoms with Gasteiger partial charge in [-0.3, -0.25) is 0 Å². The minimum atomic E-state index is -0.671. The molecule has 0 spiro atoms. The van der Waals surface area contributed by atoms with Crippen LogP contribution in [0.2, 0.25) is 0 Å². The van der Waals surface area contributed by atoms with Gasteiger partial charge in [0.2, 0.25) is 0 Å². The summed E-state index contributed by atoms with van der Waals surface area (Å²) in [6.07, 6.45) is -0.742. The SMILES string of the molecule is Cc1ccc(C(C)CC(O)C(C)O)cc1C(C)(C)C. The van der Waals surface area contributed by atoms with Gasteiger partial charge in [0.15, 0.2) is 0 Å². The summed E-state index contributed by atoms with van der Waals surface area (Å²) in [7, 11) is 0. The van der Waals surface area contributed by atoms with Crippen molar-refractivity contribution in [3.8, 4) is 0 Å². The Labute approximate surface area is 117 Å². The second-order valence-corrected chi connectivity index (χ2v) is 6.77. The lowest BCUT2D eigenvalue weighted by atomic mass is 9.81. The standard InChI is InChI=1S/C17H28O2/c1-11-7-8-14(10-15(11)17(4,5)6)12(2)9-16(19)13(3)18/h7-8,10,12-13,16,18-19H,9H2,1-6H3. The molecule has 3 unspecified atom stereocenters. The van der Waals surface area contributed by atoms with Gasteiger partial charge in [-0.1, -0.05) is 45.9 Å². The Morgan fingerprint density at radius 1 is 1.11 bits per heavy atom. The fraction of sp³-hybridized carbons (Fsp3) is 0.647. The number of rotatable bonds is 4. The summed E-state index contributed by atoms with van der Waals surface area (Å²) in [5.41, 5.74) is 4.01. The number of aliphatic hydroxyl groups is 2. The Morgan fingerprint density at radius 2 is 1.68 bits per heavy atom. The molecule has 2 N–H and O–H groups in total. The quantitative estimate of drug-likeness (QED) is 0.873. The van der Waals surface area contributed by atoms with Crippen LogP contribution in [0.4, 0.5) is 0 Å². The van der Waals surface area contributed by atoms with Gasteiger partial charge in [-0.25, -0.2) is 0 Å². The lowest BCUT2D eigenvalue weighted by Crippen LogP contribution is -2.24. The van der Waals surface area contributed by atoms with Gasteiger partial charge < -0.3 is 10.2 Å². The molecule has 0 amide bonds. The van der Waals surface area contributed by atoms with E-state index in [2.05, 4.69) is 52.8 Å². The van der Waals surface area contributed by atoms with Gasteiger partial charge in [0.1, 0.15) is 0 Å². The van der Waals surface area contributed by atoms with Crippen molar-refractivity contribution in [3.05, 3.63) is 34.9 Å². The molecule has 1 aromatic rings. The molecule has 0 heterocycles. The molecule has 0 saturated heterocycles. The Morgan fingerprint density at radius 3 is 2.16 bits per heavy atom. The van der Waals surface area contributed by atoms with E-state index in [4.69, 9.17) is 0 Å². The van der Waals surface area contributed by atoms with E-state index >= 15 is 0 Å². The van der Waals surface area contributed by atoms with Crippen molar-refractivity contribution < 1.29 is 10.2 Å². The van der Waals surface area contributed by atoms with E-state index in [0.717, 1.165) is 0 Å². The molecule has 0 aliphatic carbocycles. The highest BCUT2D eigenvalue weighted by Gasteiger charge is 2.20. The normalized spacial score (nSPS) is 17.1. The van der Waals surface area contributed by atoms with Crippen LogP contribution in [0, 0.1) is 6.92 Å². The highest BCUT2D eigenvalue weighted by Crippen LogP contribution is 2.30. The molecule has 2 heteroatoms. The predicted octanol–water partition coefficient (Wildman–Crippen LogP) is 3.53. The summed E-state index contributed by atoms with van der Waals surface area (Å²) in [4.78, 5) is 0. The van der Waals surface area contributed by atoms with Gasteiger partial charge in [0.25, 0.3) is 0 Å². The number of hydrogen-bond acceptors (Lipinski definition) is 2. The first-order chi connectivity index (χ1) is 8.62. The molecule has 1 rings (SSSR count). The fourth-order valence-electron chi connectivity index (χ4n) is 2.45. The van der Waals surface area contributed by atoms with Crippen LogP contribution in [-0.4, -0.2) is 22.4 Å². The summed E-state index contributed by atoms with van der Waals surface area (Å²) in [5.74, 6) is 0.242. The van der Waals surface area contributed by atoms with Gasteiger partial charge in [-0.15, -0.1) is 0 Å². The molecule has 0 radical (unpaired) electrons. The van der Waals surface area contributed by atoms with Crippen molar-refractivity contribution in [1.29, 1.82) is 0 Å². The van der Waals surface area contributed by atoms with Crippen molar-refractivity contribution in [1.82, 2.24) is 0 Å². The molecule has 1 aromatic carbocycles. The summed E-state index contributed by atoms with van der Waals surface area (Å²) in [6, 6.07) is 6.53. The average Bonchev–Trinajstić information content (AvgIpc) is 2.27. The Hall–Kier alpha value is -0.860. The zero-order valence-electron chi connectivity index (χ0n) is 13.1. The van der Waals surface area contributed by atoms with Crippen LogP contribution in [-0.2, 0) is 5.41 Å². The summed E-state index contributed by atoms with van der Waals surface area (Å²) < 4.78 is 0. The van der Waals surface area contributed by atoms with Gasteiger partial charge in [0, 0.05) is 0 Å². The monoisotopic (exact) mass is 264 g/mol. The molecule has 0 aliphatic rings. The van der Waals surface area contributed by atoms with Crippen LogP contribution in [0.1, 0.15) is 63.6 Å². The molecule has 2 nitrogen and oxygen atoms in total.